The van der Waals surface area contributed by atoms with E-state index in [9.17, 15) is 14.0 Å². The molecule has 4 rings (SSSR count). The number of aromatic nitrogens is 3. The fraction of sp³-hybridized carbons (Fsp3) is 0.208. The van der Waals surface area contributed by atoms with Crippen molar-refractivity contribution in [2.75, 3.05) is 12.4 Å². The fourth-order valence-corrected chi connectivity index (χ4v) is 3.62. The maximum atomic E-state index is 13.2. The number of fused-ring (bicyclic) bond motifs is 1. The molecule has 0 atom stereocenters. The van der Waals surface area contributed by atoms with Gasteiger partial charge in [0, 0.05) is 42.0 Å². The summed E-state index contributed by atoms with van der Waals surface area (Å²) in [6.45, 7) is 1.85. The number of halogens is 1. The third-order valence-corrected chi connectivity index (χ3v) is 5.52. The van der Waals surface area contributed by atoms with Gasteiger partial charge in [0.15, 0.2) is 0 Å². The summed E-state index contributed by atoms with van der Waals surface area (Å²) < 4.78 is 21.6. The van der Waals surface area contributed by atoms with Crippen LogP contribution in [0.2, 0.25) is 0 Å². The van der Waals surface area contributed by atoms with Crippen LogP contribution in [0.1, 0.15) is 17.7 Å². The summed E-state index contributed by atoms with van der Waals surface area (Å²) in [5.41, 5.74) is 3.70. The summed E-state index contributed by atoms with van der Waals surface area (Å²) in [5.74, 6) is 0.0777. The zero-order valence-electron chi connectivity index (χ0n) is 18.1. The van der Waals surface area contributed by atoms with E-state index in [1.807, 2.05) is 48.9 Å². The quantitative estimate of drug-likeness (QED) is 0.502. The smallest absolute Gasteiger partial charge is 0.277 e. The molecule has 0 aliphatic carbocycles. The van der Waals surface area contributed by atoms with Crippen molar-refractivity contribution in [3.8, 4) is 17.0 Å². The lowest BCUT2D eigenvalue weighted by molar-refractivity contribution is -0.116. The number of amides is 1. The molecule has 2 aromatic heterocycles. The highest BCUT2D eigenvalue weighted by Crippen LogP contribution is 2.24. The highest BCUT2D eigenvalue weighted by atomic mass is 19.1. The lowest BCUT2D eigenvalue weighted by Gasteiger charge is -2.12. The third kappa shape index (κ3) is 4.12. The van der Waals surface area contributed by atoms with Gasteiger partial charge >= 0.3 is 0 Å². The monoisotopic (exact) mass is 434 g/mol. The Morgan fingerprint density at radius 1 is 1.16 bits per heavy atom. The number of rotatable bonds is 6. The van der Waals surface area contributed by atoms with E-state index in [1.165, 1.54) is 28.8 Å². The molecule has 0 spiro atoms. The number of nitrogens with zero attached hydrogens (tertiary/aromatic N) is 3. The summed E-state index contributed by atoms with van der Waals surface area (Å²) in [6, 6.07) is 14.9. The molecule has 4 aromatic rings. The van der Waals surface area contributed by atoms with Crippen molar-refractivity contribution in [1.29, 1.82) is 0 Å². The van der Waals surface area contributed by atoms with Gasteiger partial charge in [-0.3, -0.25) is 9.59 Å². The topological polar surface area (TPSA) is 77.6 Å². The van der Waals surface area contributed by atoms with Crippen LogP contribution in [0.3, 0.4) is 0 Å². The van der Waals surface area contributed by atoms with Gasteiger partial charge in [-0.2, -0.15) is 9.61 Å². The molecule has 1 N–H and O–H groups in total. The number of hydrogen-bond acceptors (Lipinski definition) is 4. The molecule has 0 aliphatic heterocycles. The van der Waals surface area contributed by atoms with Gasteiger partial charge in [0.25, 0.3) is 5.56 Å². The van der Waals surface area contributed by atoms with E-state index in [-0.39, 0.29) is 30.1 Å². The maximum Gasteiger partial charge on any atom is 0.277 e. The van der Waals surface area contributed by atoms with Crippen LogP contribution in [0.25, 0.3) is 16.9 Å². The first-order valence-corrected chi connectivity index (χ1v) is 10.2. The van der Waals surface area contributed by atoms with Crippen LogP contribution in [-0.2, 0) is 18.3 Å². The van der Waals surface area contributed by atoms with E-state index in [0.717, 1.165) is 11.3 Å². The molecule has 7 nitrogen and oxygen atoms in total. The number of methoxy groups -OCH3 is 1. The minimum absolute atomic E-state index is 0.114. The van der Waals surface area contributed by atoms with Crippen LogP contribution in [-0.4, -0.2) is 27.2 Å². The summed E-state index contributed by atoms with van der Waals surface area (Å²) in [7, 11) is 3.46. The molecule has 0 saturated heterocycles. The van der Waals surface area contributed by atoms with E-state index in [4.69, 9.17) is 4.74 Å². The lowest BCUT2D eigenvalue weighted by Crippen LogP contribution is -2.26. The van der Waals surface area contributed by atoms with E-state index in [2.05, 4.69) is 10.4 Å². The molecular weight excluding hydrogens is 411 g/mol. The summed E-state index contributed by atoms with van der Waals surface area (Å²) in [4.78, 5) is 25.5. The number of nitrogens with one attached hydrogen (secondary N) is 1. The van der Waals surface area contributed by atoms with Crippen LogP contribution in [0.15, 0.2) is 59.4 Å². The van der Waals surface area contributed by atoms with E-state index < -0.39 is 0 Å². The van der Waals surface area contributed by atoms with Crippen molar-refractivity contribution < 1.29 is 13.9 Å². The Kier molecular flexibility index (Phi) is 5.77. The van der Waals surface area contributed by atoms with Gasteiger partial charge in [0.05, 0.1) is 12.8 Å². The molecule has 8 heteroatoms. The van der Waals surface area contributed by atoms with Crippen molar-refractivity contribution in [2.24, 2.45) is 7.05 Å². The number of carbonyl (C=O) groups excluding carboxylic acids is 1. The molecular formula is C24H23FN4O3. The zero-order chi connectivity index (χ0) is 22.8. The molecule has 0 radical (unpaired) electrons. The molecule has 0 fully saturated rings. The van der Waals surface area contributed by atoms with Crippen LogP contribution in [0.5, 0.6) is 5.75 Å². The molecule has 2 heterocycles. The number of hydrogen-bond donors (Lipinski definition) is 1. The van der Waals surface area contributed by atoms with Gasteiger partial charge in [0.2, 0.25) is 5.91 Å². The molecule has 164 valence electrons. The summed E-state index contributed by atoms with van der Waals surface area (Å²) >= 11 is 0. The van der Waals surface area contributed by atoms with E-state index in [1.54, 1.807) is 7.11 Å². The highest BCUT2D eigenvalue weighted by molar-refractivity contribution is 5.90. The van der Waals surface area contributed by atoms with Gasteiger partial charge in [0.1, 0.15) is 17.2 Å². The number of carbonyl (C=O) groups is 1. The van der Waals surface area contributed by atoms with Crippen molar-refractivity contribution in [2.45, 2.75) is 19.8 Å². The van der Waals surface area contributed by atoms with E-state index >= 15 is 0 Å². The van der Waals surface area contributed by atoms with Crippen LogP contribution in [0, 0.1) is 12.7 Å². The Hall–Kier alpha value is -3.94. The first-order valence-electron chi connectivity index (χ1n) is 10.2. The molecule has 2 aromatic carbocycles. The number of ether oxygens (including phenoxy) is 1. The van der Waals surface area contributed by atoms with Gasteiger partial charge in [-0.1, -0.05) is 12.1 Å². The molecule has 0 unspecified atom stereocenters. The molecule has 0 aliphatic rings. The maximum absolute atomic E-state index is 13.2. The second kappa shape index (κ2) is 8.66. The Labute approximate surface area is 184 Å². The third-order valence-electron chi connectivity index (χ3n) is 5.52. The average molecular weight is 434 g/mol. The first-order chi connectivity index (χ1) is 15.4. The van der Waals surface area contributed by atoms with Crippen molar-refractivity contribution >= 4 is 17.2 Å². The molecule has 0 bridgehead atoms. The van der Waals surface area contributed by atoms with Crippen LogP contribution < -0.4 is 15.6 Å². The molecule has 32 heavy (non-hydrogen) atoms. The standard InChI is InChI=1S/C24H23FN4O3/c1-15-20(11-12-22(30)26-18-9-7-17(25)8-10-18)24(31)29-23(28(15)2)14-21(27-29)16-5-4-6-19(13-16)32-3/h4-10,13-14H,11-12H2,1-3H3,(H,26,30). The van der Waals surface area contributed by atoms with Crippen LogP contribution in [0.4, 0.5) is 10.1 Å². The predicted molar refractivity (Wildman–Crippen MR) is 121 cm³/mol. The summed E-state index contributed by atoms with van der Waals surface area (Å²) in [6.07, 6.45) is 0.374. The second-order valence-electron chi connectivity index (χ2n) is 7.51. The fourth-order valence-electron chi connectivity index (χ4n) is 3.62. The Morgan fingerprint density at radius 2 is 1.91 bits per heavy atom. The molecule has 1 amide bonds. The lowest BCUT2D eigenvalue weighted by atomic mass is 10.1. The number of aryl methyl sites for hydroxylation is 1. The number of benzene rings is 2. The second-order valence-corrected chi connectivity index (χ2v) is 7.51. The minimum atomic E-state index is -0.372. The Morgan fingerprint density at radius 3 is 2.62 bits per heavy atom. The van der Waals surface area contributed by atoms with Gasteiger partial charge in [-0.25, -0.2) is 4.39 Å². The SMILES string of the molecule is COc1cccc(-c2cc3n(C)c(C)c(CCC(=O)Nc4ccc(F)cc4)c(=O)n3n2)c1. The average Bonchev–Trinajstić information content (AvgIpc) is 3.25. The Bertz CT molecular complexity index is 1360. The van der Waals surface area contributed by atoms with Gasteiger partial charge < -0.3 is 14.6 Å². The minimum Gasteiger partial charge on any atom is -0.497 e. The van der Waals surface area contributed by atoms with Crippen molar-refractivity contribution in [3.05, 3.63) is 82.0 Å². The molecule has 0 saturated carbocycles. The first kappa shape index (κ1) is 21.3. The number of anilines is 1. The van der Waals surface area contributed by atoms with Gasteiger partial charge in [-0.05, 0) is 49.7 Å². The zero-order valence-corrected chi connectivity index (χ0v) is 18.1. The largest absolute Gasteiger partial charge is 0.497 e. The van der Waals surface area contributed by atoms with E-state index in [0.29, 0.717) is 28.3 Å². The summed E-state index contributed by atoms with van der Waals surface area (Å²) in [5, 5.41) is 7.23. The predicted octanol–water partition coefficient (Wildman–Crippen LogP) is 3.73. The van der Waals surface area contributed by atoms with Crippen molar-refractivity contribution in [3.63, 3.8) is 0 Å². The van der Waals surface area contributed by atoms with Gasteiger partial charge in [-0.15, -0.1) is 0 Å². The van der Waals surface area contributed by atoms with Crippen LogP contribution >= 0.6 is 0 Å². The van der Waals surface area contributed by atoms with Crippen molar-refractivity contribution in [1.82, 2.24) is 14.2 Å². The highest BCUT2D eigenvalue weighted by Gasteiger charge is 2.17. The normalized spacial score (nSPS) is 11.0. The Balaban J connectivity index is 1.61.